The minimum Gasteiger partial charge on any atom is -0.383 e. The molecule has 31 heavy (non-hydrogen) atoms. The van der Waals surface area contributed by atoms with Crippen molar-refractivity contribution in [2.75, 3.05) is 19.5 Å². The Hall–Kier alpha value is -2.23. The first-order valence-corrected chi connectivity index (χ1v) is 12.0. The summed E-state index contributed by atoms with van der Waals surface area (Å²) in [7, 11) is 1.60. The highest BCUT2D eigenvalue weighted by Crippen LogP contribution is 2.34. The zero-order chi connectivity index (χ0) is 21.8. The van der Waals surface area contributed by atoms with E-state index in [4.69, 9.17) is 9.72 Å². The van der Waals surface area contributed by atoms with Crippen LogP contribution in [0, 0.1) is 5.82 Å². The average Bonchev–Trinajstić information content (AvgIpc) is 3.15. The normalized spacial score (nSPS) is 13.4. The SMILES string of the molecule is COCCn1c(SCC(=O)NCc2ccc(F)cc2)nc2sc3c(c2c1=O)CCCC3. The molecule has 4 rings (SSSR count). The van der Waals surface area contributed by atoms with Crippen LogP contribution < -0.4 is 10.9 Å². The maximum atomic E-state index is 13.3. The van der Waals surface area contributed by atoms with Gasteiger partial charge in [-0.15, -0.1) is 11.3 Å². The van der Waals surface area contributed by atoms with Crippen molar-refractivity contribution in [3.63, 3.8) is 0 Å². The van der Waals surface area contributed by atoms with E-state index < -0.39 is 0 Å². The van der Waals surface area contributed by atoms with E-state index in [1.807, 2.05) is 0 Å². The van der Waals surface area contributed by atoms with E-state index in [0.717, 1.165) is 47.0 Å². The Morgan fingerprint density at radius 1 is 1.29 bits per heavy atom. The Bertz CT molecular complexity index is 1140. The number of carbonyl (C=O) groups is 1. The van der Waals surface area contributed by atoms with Gasteiger partial charge in [0, 0.05) is 18.5 Å². The summed E-state index contributed by atoms with van der Waals surface area (Å²) >= 11 is 2.85. The van der Waals surface area contributed by atoms with Gasteiger partial charge in [-0.2, -0.15) is 0 Å². The number of aromatic nitrogens is 2. The number of halogens is 1. The number of hydrogen-bond donors (Lipinski definition) is 1. The van der Waals surface area contributed by atoms with Crippen molar-refractivity contribution in [1.29, 1.82) is 0 Å². The van der Waals surface area contributed by atoms with Gasteiger partial charge >= 0.3 is 0 Å². The molecule has 0 atom stereocenters. The third-order valence-corrected chi connectivity index (χ3v) is 7.46. The average molecular weight is 462 g/mol. The molecule has 1 amide bonds. The number of carbonyl (C=O) groups excluding carboxylic acids is 1. The number of ether oxygens (including phenoxy) is 1. The maximum absolute atomic E-state index is 13.3. The molecular weight excluding hydrogens is 437 g/mol. The van der Waals surface area contributed by atoms with Gasteiger partial charge in [0.1, 0.15) is 10.6 Å². The number of benzene rings is 1. The molecule has 3 aromatic rings. The fraction of sp³-hybridized carbons (Fsp3) is 0.409. The second kappa shape index (κ2) is 9.93. The van der Waals surface area contributed by atoms with Crippen molar-refractivity contribution < 1.29 is 13.9 Å². The molecule has 0 unspecified atom stereocenters. The fourth-order valence-electron chi connectivity index (χ4n) is 3.69. The predicted molar refractivity (Wildman–Crippen MR) is 121 cm³/mol. The fourth-order valence-corrected chi connectivity index (χ4v) is 5.85. The van der Waals surface area contributed by atoms with E-state index in [1.54, 1.807) is 35.1 Å². The molecule has 1 aliphatic rings. The van der Waals surface area contributed by atoms with Crippen molar-refractivity contribution in [2.45, 2.75) is 43.9 Å². The van der Waals surface area contributed by atoms with Crippen LogP contribution in [0.15, 0.2) is 34.2 Å². The van der Waals surface area contributed by atoms with E-state index in [1.165, 1.54) is 28.8 Å². The van der Waals surface area contributed by atoms with E-state index in [-0.39, 0.29) is 23.0 Å². The molecule has 0 aliphatic heterocycles. The molecule has 1 aliphatic carbocycles. The lowest BCUT2D eigenvalue weighted by atomic mass is 9.97. The van der Waals surface area contributed by atoms with Crippen LogP contribution in [0.3, 0.4) is 0 Å². The summed E-state index contributed by atoms with van der Waals surface area (Å²) in [4.78, 5) is 32.4. The summed E-state index contributed by atoms with van der Waals surface area (Å²) < 4.78 is 19.8. The molecule has 2 heterocycles. The Morgan fingerprint density at radius 3 is 2.84 bits per heavy atom. The summed E-state index contributed by atoms with van der Waals surface area (Å²) in [6.07, 6.45) is 4.17. The maximum Gasteiger partial charge on any atom is 0.263 e. The molecule has 9 heteroatoms. The zero-order valence-corrected chi connectivity index (χ0v) is 18.9. The lowest BCUT2D eigenvalue weighted by molar-refractivity contribution is -0.118. The molecule has 0 bridgehead atoms. The highest BCUT2D eigenvalue weighted by Gasteiger charge is 2.22. The monoisotopic (exact) mass is 461 g/mol. The van der Waals surface area contributed by atoms with Crippen LogP contribution in [0.25, 0.3) is 10.2 Å². The van der Waals surface area contributed by atoms with Crippen molar-refractivity contribution >= 4 is 39.2 Å². The van der Waals surface area contributed by atoms with Crippen LogP contribution in [0.2, 0.25) is 0 Å². The Kier molecular flexibility index (Phi) is 7.04. The van der Waals surface area contributed by atoms with Gasteiger partial charge in [-0.3, -0.25) is 14.2 Å². The second-order valence-electron chi connectivity index (χ2n) is 7.43. The highest BCUT2D eigenvalue weighted by molar-refractivity contribution is 7.99. The molecule has 0 saturated carbocycles. The Morgan fingerprint density at radius 2 is 2.06 bits per heavy atom. The van der Waals surface area contributed by atoms with Gasteiger partial charge in [-0.1, -0.05) is 23.9 Å². The van der Waals surface area contributed by atoms with Gasteiger partial charge in [0.25, 0.3) is 5.56 Å². The van der Waals surface area contributed by atoms with Gasteiger partial charge < -0.3 is 10.1 Å². The van der Waals surface area contributed by atoms with Gasteiger partial charge in [0.15, 0.2) is 5.16 Å². The van der Waals surface area contributed by atoms with Crippen LogP contribution in [-0.4, -0.2) is 34.9 Å². The predicted octanol–water partition coefficient (Wildman–Crippen LogP) is 3.53. The second-order valence-corrected chi connectivity index (χ2v) is 9.45. The third kappa shape index (κ3) is 4.99. The van der Waals surface area contributed by atoms with Gasteiger partial charge in [0.05, 0.1) is 24.3 Å². The lowest BCUT2D eigenvalue weighted by Gasteiger charge is -2.13. The molecule has 0 radical (unpaired) electrons. The number of nitrogens with zero attached hydrogens (tertiary/aromatic N) is 2. The summed E-state index contributed by atoms with van der Waals surface area (Å²) in [5, 5.41) is 4.09. The van der Waals surface area contributed by atoms with Gasteiger partial charge in [-0.05, 0) is 48.9 Å². The summed E-state index contributed by atoms with van der Waals surface area (Å²) in [6.45, 7) is 1.10. The molecule has 164 valence electrons. The molecule has 2 aromatic heterocycles. The minimum absolute atomic E-state index is 0.0457. The van der Waals surface area contributed by atoms with Crippen LogP contribution in [0.5, 0.6) is 0 Å². The molecule has 1 N–H and O–H groups in total. The van der Waals surface area contributed by atoms with E-state index >= 15 is 0 Å². The molecule has 1 aromatic carbocycles. The van der Waals surface area contributed by atoms with E-state index in [2.05, 4.69) is 5.32 Å². The van der Waals surface area contributed by atoms with Crippen molar-refractivity contribution in [1.82, 2.24) is 14.9 Å². The van der Waals surface area contributed by atoms with Crippen LogP contribution in [0.1, 0.15) is 28.8 Å². The number of aryl methyl sites for hydroxylation is 2. The quantitative estimate of drug-likeness (QED) is 0.410. The number of nitrogens with one attached hydrogen (secondary N) is 1. The Labute approximate surface area is 187 Å². The standard InChI is InChI=1S/C22H24FN3O3S2/c1-29-11-10-26-21(28)19-16-4-2-3-5-17(16)31-20(19)25-22(26)30-13-18(27)24-12-14-6-8-15(23)9-7-14/h6-9H,2-5,10-13H2,1H3,(H,24,27). The first-order chi connectivity index (χ1) is 15.1. The number of rotatable bonds is 8. The summed E-state index contributed by atoms with van der Waals surface area (Å²) in [5.41, 5.74) is 1.93. The first kappa shape index (κ1) is 22.0. The summed E-state index contributed by atoms with van der Waals surface area (Å²) in [6, 6.07) is 6.01. The van der Waals surface area contributed by atoms with E-state index in [9.17, 15) is 14.0 Å². The number of methoxy groups -OCH3 is 1. The van der Waals surface area contributed by atoms with Crippen LogP contribution in [-0.2, 0) is 35.5 Å². The topological polar surface area (TPSA) is 73.2 Å². The summed E-state index contributed by atoms with van der Waals surface area (Å²) in [5.74, 6) is -0.346. The Balaban J connectivity index is 1.52. The molecular formula is C22H24FN3O3S2. The van der Waals surface area contributed by atoms with Crippen molar-refractivity contribution in [2.24, 2.45) is 0 Å². The number of thiophene rings is 1. The number of thioether (sulfide) groups is 1. The zero-order valence-electron chi connectivity index (χ0n) is 17.3. The van der Waals surface area contributed by atoms with Crippen molar-refractivity contribution in [3.8, 4) is 0 Å². The highest BCUT2D eigenvalue weighted by atomic mass is 32.2. The van der Waals surface area contributed by atoms with Gasteiger partial charge in [0.2, 0.25) is 5.91 Å². The van der Waals surface area contributed by atoms with Crippen molar-refractivity contribution in [3.05, 3.63) is 56.4 Å². The molecule has 6 nitrogen and oxygen atoms in total. The smallest absolute Gasteiger partial charge is 0.263 e. The minimum atomic E-state index is -0.309. The molecule has 0 spiro atoms. The van der Waals surface area contributed by atoms with Crippen LogP contribution >= 0.6 is 23.1 Å². The molecule has 0 saturated heterocycles. The van der Waals surface area contributed by atoms with Gasteiger partial charge in [-0.25, -0.2) is 9.37 Å². The lowest BCUT2D eigenvalue weighted by Crippen LogP contribution is -2.27. The van der Waals surface area contributed by atoms with E-state index in [0.29, 0.717) is 24.9 Å². The first-order valence-electron chi connectivity index (χ1n) is 10.2. The number of hydrogen-bond acceptors (Lipinski definition) is 6. The molecule has 0 fully saturated rings. The number of amides is 1. The van der Waals surface area contributed by atoms with Crippen LogP contribution in [0.4, 0.5) is 4.39 Å². The number of fused-ring (bicyclic) bond motifs is 3. The third-order valence-electron chi connectivity index (χ3n) is 5.29. The largest absolute Gasteiger partial charge is 0.383 e.